The highest BCUT2D eigenvalue weighted by atomic mass is 35.5. The number of amides is 1. The molecule has 0 aliphatic heterocycles. The third-order valence-electron chi connectivity index (χ3n) is 2.10. The molecule has 0 saturated carbocycles. The summed E-state index contributed by atoms with van der Waals surface area (Å²) in [5.41, 5.74) is 1.01. The first-order chi connectivity index (χ1) is 7.24. The Balaban J connectivity index is 2.42. The van der Waals surface area contributed by atoms with Gasteiger partial charge in [0.15, 0.2) is 0 Å². The molecular formula is C11H15ClN2O. The molecule has 0 aliphatic rings. The van der Waals surface area contributed by atoms with Gasteiger partial charge in [-0.1, -0.05) is 6.07 Å². The van der Waals surface area contributed by atoms with Crippen molar-refractivity contribution in [1.82, 2.24) is 10.3 Å². The highest BCUT2D eigenvalue weighted by Gasteiger charge is 2.08. The van der Waals surface area contributed by atoms with Crippen molar-refractivity contribution < 1.29 is 4.79 Å². The summed E-state index contributed by atoms with van der Waals surface area (Å²) in [6.07, 6.45) is 4.67. The average molecular weight is 227 g/mol. The van der Waals surface area contributed by atoms with E-state index in [0.717, 1.165) is 5.56 Å². The Morgan fingerprint density at radius 1 is 1.67 bits per heavy atom. The summed E-state index contributed by atoms with van der Waals surface area (Å²) in [5.74, 6) is 0.557. The van der Waals surface area contributed by atoms with Crippen LogP contribution in [0.25, 0.3) is 0 Å². The first kappa shape index (κ1) is 12.0. The van der Waals surface area contributed by atoms with E-state index in [4.69, 9.17) is 11.6 Å². The maximum Gasteiger partial charge on any atom is 0.220 e. The summed E-state index contributed by atoms with van der Waals surface area (Å²) < 4.78 is 0. The zero-order valence-corrected chi connectivity index (χ0v) is 9.50. The molecule has 82 valence electrons. The van der Waals surface area contributed by atoms with Gasteiger partial charge >= 0.3 is 0 Å². The molecule has 0 saturated heterocycles. The van der Waals surface area contributed by atoms with E-state index < -0.39 is 0 Å². The SMILES string of the molecule is C[C@H](NC(=O)CCCCl)c1cccnc1. The monoisotopic (exact) mass is 226 g/mol. The maximum atomic E-state index is 11.4. The molecule has 1 aromatic rings. The van der Waals surface area contributed by atoms with Gasteiger partial charge in [0.2, 0.25) is 5.91 Å². The van der Waals surface area contributed by atoms with Crippen LogP contribution < -0.4 is 5.32 Å². The molecule has 0 radical (unpaired) electrons. The first-order valence-corrected chi connectivity index (χ1v) is 5.52. The quantitative estimate of drug-likeness (QED) is 0.783. The summed E-state index contributed by atoms with van der Waals surface area (Å²) in [5, 5.41) is 2.89. The number of carbonyl (C=O) groups excluding carboxylic acids is 1. The minimum Gasteiger partial charge on any atom is -0.350 e. The van der Waals surface area contributed by atoms with Gasteiger partial charge < -0.3 is 5.32 Å². The van der Waals surface area contributed by atoms with Gasteiger partial charge in [-0.3, -0.25) is 9.78 Å². The molecule has 4 heteroatoms. The van der Waals surface area contributed by atoms with E-state index in [1.807, 2.05) is 19.1 Å². The van der Waals surface area contributed by atoms with E-state index in [2.05, 4.69) is 10.3 Å². The van der Waals surface area contributed by atoms with Crippen LogP contribution in [0.2, 0.25) is 0 Å². The molecule has 1 N–H and O–H groups in total. The van der Waals surface area contributed by atoms with Crippen LogP contribution in [0.1, 0.15) is 31.4 Å². The first-order valence-electron chi connectivity index (χ1n) is 4.99. The van der Waals surface area contributed by atoms with Crippen LogP contribution in [0, 0.1) is 0 Å². The largest absolute Gasteiger partial charge is 0.350 e. The second kappa shape index (κ2) is 6.40. The highest BCUT2D eigenvalue weighted by Crippen LogP contribution is 2.09. The summed E-state index contributed by atoms with van der Waals surface area (Å²) in [6, 6.07) is 3.80. The summed E-state index contributed by atoms with van der Waals surface area (Å²) in [4.78, 5) is 15.4. The highest BCUT2D eigenvalue weighted by molar-refractivity contribution is 6.17. The Labute approximate surface area is 94.9 Å². The maximum absolute atomic E-state index is 11.4. The molecule has 1 aromatic heterocycles. The number of alkyl halides is 1. The molecule has 1 rings (SSSR count). The number of carbonyl (C=O) groups is 1. The van der Waals surface area contributed by atoms with Gasteiger partial charge in [-0.15, -0.1) is 11.6 Å². The van der Waals surface area contributed by atoms with Crippen molar-refractivity contribution in [2.24, 2.45) is 0 Å². The molecular weight excluding hydrogens is 212 g/mol. The van der Waals surface area contributed by atoms with Crippen molar-refractivity contribution >= 4 is 17.5 Å². The molecule has 0 fully saturated rings. The van der Waals surface area contributed by atoms with Crippen molar-refractivity contribution in [2.75, 3.05) is 5.88 Å². The van der Waals surface area contributed by atoms with Crippen molar-refractivity contribution in [1.29, 1.82) is 0 Å². The molecule has 15 heavy (non-hydrogen) atoms. The molecule has 1 amide bonds. The van der Waals surface area contributed by atoms with E-state index in [9.17, 15) is 4.79 Å². The predicted octanol–water partition coefficient (Wildman–Crippen LogP) is 2.28. The van der Waals surface area contributed by atoms with Crippen LogP contribution in [0.15, 0.2) is 24.5 Å². The van der Waals surface area contributed by atoms with E-state index >= 15 is 0 Å². The smallest absolute Gasteiger partial charge is 0.220 e. The molecule has 1 heterocycles. The number of nitrogens with one attached hydrogen (secondary N) is 1. The zero-order valence-electron chi connectivity index (χ0n) is 8.74. The molecule has 0 bridgehead atoms. The van der Waals surface area contributed by atoms with Gasteiger partial charge in [0, 0.05) is 24.7 Å². The molecule has 0 spiro atoms. The number of aromatic nitrogens is 1. The van der Waals surface area contributed by atoms with E-state index in [1.54, 1.807) is 12.4 Å². The summed E-state index contributed by atoms with van der Waals surface area (Å²) >= 11 is 5.51. The predicted molar refractivity (Wildman–Crippen MR) is 60.7 cm³/mol. The Bertz CT molecular complexity index is 303. The normalized spacial score (nSPS) is 12.1. The summed E-state index contributed by atoms with van der Waals surface area (Å²) in [6.45, 7) is 1.94. The minimum atomic E-state index is 0.00141. The van der Waals surface area contributed by atoms with Gasteiger partial charge in [0.05, 0.1) is 6.04 Å². The Kier molecular flexibility index (Phi) is 5.12. The van der Waals surface area contributed by atoms with E-state index in [0.29, 0.717) is 18.7 Å². The molecule has 3 nitrogen and oxygen atoms in total. The standard InChI is InChI=1S/C11H15ClN2O/c1-9(10-4-3-7-13-8-10)14-11(15)5-2-6-12/h3-4,7-9H,2,5-6H2,1H3,(H,14,15)/t9-/m0/s1. The Hall–Kier alpha value is -1.09. The van der Waals surface area contributed by atoms with Crippen LogP contribution in [-0.4, -0.2) is 16.8 Å². The van der Waals surface area contributed by atoms with Gasteiger partial charge in [0.1, 0.15) is 0 Å². The van der Waals surface area contributed by atoms with Crippen LogP contribution in [0.3, 0.4) is 0 Å². The van der Waals surface area contributed by atoms with Crippen LogP contribution in [0.4, 0.5) is 0 Å². The van der Waals surface area contributed by atoms with Crippen molar-refractivity contribution in [3.05, 3.63) is 30.1 Å². The lowest BCUT2D eigenvalue weighted by atomic mass is 10.1. The van der Waals surface area contributed by atoms with Crippen molar-refractivity contribution in [2.45, 2.75) is 25.8 Å². The van der Waals surface area contributed by atoms with E-state index in [1.165, 1.54) is 0 Å². The lowest BCUT2D eigenvalue weighted by molar-refractivity contribution is -0.121. The summed E-state index contributed by atoms with van der Waals surface area (Å²) in [7, 11) is 0. The average Bonchev–Trinajstić information content (AvgIpc) is 2.27. The lowest BCUT2D eigenvalue weighted by Gasteiger charge is -2.13. The third-order valence-corrected chi connectivity index (χ3v) is 2.37. The lowest BCUT2D eigenvalue weighted by Crippen LogP contribution is -2.26. The van der Waals surface area contributed by atoms with Gasteiger partial charge in [-0.25, -0.2) is 0 Å². The van der Waals surface area contributed by atoms with E-state index in [-0.39, 0.29) is 11.9 Å². The Morgan fingerprint density at radius 2 is 2.47 bits per heavy atom. The van der Waals surface area contributed by atoms with Crippen LogP contribution in [0.5, 0.6) is 0 Å². The second-order valence-corrected chi connectivity index (χ2v) is 3.75. The number of hydrogen-bond acceptors (Lipinski definition) is 2. The van der Waals surface area contributed by atoms with Crippen molar-refractivity contribution in [3.8, 4) is 0 Å². The fraction of sp³-hybridized carbons (Fsp3) is 0.455. The number of pyridine rings is 1. The van der Waals surface area contributed by atoms with Gasteiger partial charge in [0.25, 0.3) is 0 Å². The molecule has 1 atom stereocenters. The van der Waals surface area contributed by atoms with Crippen molar-refractivity contribution in [3.63, 3.8) is 0 Å². The molecule has 0 aromatic carbocycles. The minimum absolute atomic E-state index is 0.00141. The van der Waals surface area contributed by atoms with Crippen LogP contribution >= 0.6 is 11.6 Å². The number of rotatable bonds is 5. The van der Waals surface area contributed by atoms with Crippen LogP contribution in [-0.2, 0) is 4.79 Å². The topological polar surface area (TPSA) is 42.0 Å². The molecule has 0 aliphatic carbocycles. The van der Waals surface area contributed by atoms with Gasteiger partial charge in [-0.05, 0) is 25.0 Å². The second-order valence-electron chi connectivity index (χ2n) is 3.37. The fourth-order valence-corrected chi connectivity index (χ4v) is 1.39. The zero-order chi connectivity index (χ0) is 11.1. The number of hydrogen-bond donors (Lipinski definition) is 1. The number of nitrogens with zero attached hydrogens (tertiary/aromatic N) is 1. The fourth-order valence-electron chi connectivity index (χ4n) is 1.26. The Morgan fingerprint density at radius 3 is 3.07 bits per heavy atom. The third kappa shape index (κ3) is 4.30. The number of halogens is 1. The van der Waals surface area contributed by atoms with Gasteiger partial charge in [-0.2, -0.15) is 0 Å². The molecule has 0 unspecified atom stereocenters.